The zero-order chi connectivity index (χ0) is 17.5. The summed E-state index contributed by atoms with van der Waals surface area (Å²) in [4.78, 5) is 12.2. The predicted molar refractivity (Wildman–Crippen MR) is 96.1 cm³/mol. The van der Waals surface area contributed by atoms with E-state index in [4.69, 9.17) is 9.47 Å². The van der Waals surface area contributed by atoms with Gasteiger partial charge in [0.25, 0.3) is 5.91 Å². The van der Waals surface area contributed by atoms with Gasteiger partial charge in [0, 0.05) is 12.1 Å². The number of methoxy groups -OCH3 is 2. The summed E-state index contributed by atoms with van der Waals surface area (Å²) < 4.78 is 10.5. The lowest BCUT2D eigenvalue weighted by atomic mass is 10.0. The van der Waals surface area contributed by atoms with Crippen LogP contribution < -0.4 is 14.8 Å². The van der Waals surface area contributed by atoms with Crippen molar-refractivity contribution in [1.29, 1.82) is 0 Å². The molecule has 0 aromatic heterocycles. The van der Waals surface area contributed by atoms with Crippen molar-refractivity contribution in [3.05, 3.63) is 59.2 Å². The van der Waals surface area contributed by atoms with Crippen LogP contribution in [0.4, 0.5) is 0 Å². The molecule has 0 aliphatic carbocycles. The third kappa shape index (κ3) is 4.51. The summed E-state index contributed by atoms with van der Waals surface area (Å²) in [6.07, 6.45) is 0.732. The summed E-state index contributed by atoms with van der Waals surface area (Å²) in [7, 11) is 3.23. The molecular formula is C20H25NO3. The fourth-order valence-electron chi connectivity index (χ4n) is 2.48. The van der Waals surface area contributed by atoms with Gasteiger partial charge in [0.15, 0.2) is 11.5 Å². The van der Waals surface area contributed by atoms with Crippen LogP contribution in [-0.2, 0) is 6.42 Å². The molecule has 0 atom stereocenters. The summed E-state index contributed by atoms with van der Waals surface area (Å²) in [5.41, 5.74) is 3.01. The maximum atomic E-state index is 12.2. The summed E-state index contributed by atoms with van der Waals surface area (Å²) >= 11 is 0. The highest BCUT2D eigenvalue weighted by molar-refractivity contribution is 5.94. The Hall–Kier alpha value is -2.49. The van der Waals surface area contributed by atoms with E-state index in [9.17, 15) is 4.79 Å². The van der Waals surface area contributed by atoms with Gasteiger partial charge in [0.2, 0.25) is 0 Å². The first-order valence-corrected chi connectivity index (χ1v) is 8.14. The number of ether oxygens (including phenoxy) is 2. The van der Waals surface area contributed by atoms with Crippen molar-refractivity contribution < 1.29 is 14.3 Å². The fourth-order valence-corrected chi connectivity index (χ4v) is 2.48. The first kappa shape index (κ1) is 17.9. The Morgan fingerprint density at radius 1 is 1.00 bits per heavy atom. The van der Waals surface area contributed by atoms with Crippen molar-refractivity contribution in [3.63, 3.8) is 0 Å². The molecule has 1 N–H and O–H groups in total. The number of benzene rings is 2. The molecule has 2 rings (SSSR count). The standard InChI is InChI=1S/C20H25NO3/c1-14(2)16-6-8-17(9-7-16)20(22)21-12-11-15-5-10-18(23-3)19(13-15)24-4/h5-10,13-14H,11-12H2,1-4H3,(H,21,22). The van der Waals surface area contributed by atoms with Crippen LogP contribution in [0.1, 0.15) is 41.3 Å². The van der Waals surface area contributed by atoms with Crippen molar-refractivity contribution >= 4 is 5.91 Å². The Kier molecular flexibility index (Phi) is 6.24. The third-order valence-electron chi connectivity index (χ3n) is 3.99. The van der Waals surface area contributed by atoms with E-state index in [1.165, 1.54) is 5.56 Å². The van der Waals surface area contributed by atoms with Crippen LogP contribution in [0.3, 0.4) is 0 Å². The zero-order valence-corrected chi connectivity index (χ0v) is 14.8. The minimum Gasteiger partial charge on any atom is -0.493 e. The van der Waals surface area contributed by atoms with Crippen LogP contribution >= 0.6 is 0 Å². The molecule has 0 saturated carbocycles. The van der Waals surface area contributed by atoms with Gasteiger partial charge >= 0.3 is 0 Å². The highest BCUT2D eigenvalue weighted by Gasteiger charge is 2.08. The Balaban J connectivity index is 1.90. The van der Waals surface area contributed by atoms with E-state index >= 15 is 0 Å². The maximum absolute atomic E-state index is 12.2. The summed E-state index contributed by atoms with van der Waals surface area (Å²) in [5.74, 6) is 1.82. The Morgan fingerprint density at radius 3 is 2.25 bits per heavy atom. The average molecular weight is 327 g/mol. The molecule has 24 heavy (non-hydrogen) atoms. The van der Waals surface area contributed by atoms with E-state index in [1.54, 1.807) is 14.2 Å². The van der Waals surface area contributed by atoms with Crippen LogP contribution in [0.2, 0.25) is 0 Å². The number of nitrogens with one attached hydrogen (secondary N) is 1. The molecule has 0 radical (unpaired) electrons. The lowest BCUT2D eigenvalue weighted by Gasteiger charge is -2.10. The summed E-state index contributed by atoms with van der Waals surface area (Å²) in [6.45, 7) is 4.84. The normalized spacial score (nSPS) is 10.5. The lowest BCUT2D eigenvalue weighted by molar-refractivity contribution is 0.0954. The van der Waals surface area contributed by atoms with Gasteiger partial charge in [-0.05, 0) is 47.7 Å². The van der Waals surface area contributed by atoms with Crippen LogP contribution in [0.15, 0.2) is 42.5 Å². The van der Waals surface area contributed by atoms with Crippen molar-refractivity contribution in [2.75, 3.05) is 20.8 Å². The lowest BCUT2D eigenvalue weighted by Crippen LogP contribution is -2.25. The number of rotatable bonds is 7. The SMILES string of the molecule is COc1ccc(CCNC(=O)c2ccc(C(C)C)cc2)cc1OC. The Labute approximate surface area is 143 Å². The van der Waals surface area contributed by atoms with E-state index < -0.39 is 0 Å². The van der Waals surface area contributed by atoms with Gasteiger partial charge in [-0.1, -0.05) is 32.0 Å². The van der Waals surface area contributed by atoms with Crippen LogP contribution in [-0.4, -0.2) is 26.7 Å². The van der Waals surface area contributed by atoms with Crippen LogP contribution in [0.25, 0.3) is 0 Å². The molecule has 2 aromatic rings. The molecule has 0 spiro atoms. The van der Waals surface area contributed by atoms with Crippen LogP contribution in [0, 0.1) is 0 Å². The molecule has 4 heteroatoms. The number of hydrogen-bond acceptors (Lipinski definition) is 3. The largest absolute Gasteiger partial charge is 0.493 e. The first-order valence-electron chi connectivity index (χ1n) is 8.14. The van der Waals surface area contributed by atoms with Gasteiger partial charge in [-0.25, -0.2) is 0 Å². The maximum Gasteiger partial charge on any atom is 0.251 e. The molecule has 0 aliphatic heterocycles. The summed E-state index contributed by atoms with van der Waals surface area (Å²) in [6, 6.07) is 13.6. The van der Waals surface area contributed by atoms with Crippen molar-refractivity contribution in [2.45, 2.75) is 26.2 Å². The van der Waals surface area contributed by atoms with Crippen LogP contribution in [0.5, 0.6) is 11.5 Å². The molecule has 0 saturated heterocycles. The zero-order valence-electron chi connectivity index (χ0n) is 14.8. The van der Waals surface area contributed by atoms with E-state index in [1.807, 2.05) is 42.5 Å². The molecular weight excluding hydrogens is 302 g/mol. The van der Waals surface area contributed by atoms with Gasteiger partial charge in [0.05, 0.1) is 14.2 Å². The quantitative estimate of drug-likeness (QED) is 0.841. The smallest absolute Gasteiger partial charge is 0.251 e. The van der Waals surface area contributed by atoms with Gasteiger partial charge in [-0.2, -0.15) is 0 Å². The number of hydrogen-bond donors (Lipinski definition) is 1. The molecule has 0 heterocycles. The highest BCUT2D eigenvalue weighted by atomic mass is 16.5. The van der Waals surface area contributed by atoms with E-state index in [0.29, 0.717) is 29.5 Å². The molecule has 0 fully saturated rings. The highest BCUT2D eigenvalue weighted by Crippen LogP contribution is 2.27. The van der Waals surface area contributed by atoms with Gasteiger partial charge in [-0.3, -0.25) is 4.79 Å². The second kappa shape index (κ2) is 8.39. The minimum atomic E-state index is -0.0502. The first-order chi connectivity index (χ1) is 11.5. The molecule has 2 aromatic carbocycles. The fraction of sp³-hybridized carbons (Fsp3) is 0.350. The van der Waals surface area contributed by atoms with Crippen molar-refractivity contribution in [3.8, 4) is 11.5 Å². The second-order valence-corrected chi connectivity index (χ2v) is 5.97. The number of amides is 1. The topological polar surface area (TPSA) is 47.6 Å². The Morgan fingerprint density at radius 2 is 1.67 bits per heavy atom. The molecule has 128 valence electrons. The molecule has 0 unspecified atom stereocenters. The Bertz CT molecular complexity index is 678. The third-order valence-corrected chi connectivity index (χ3v) is 3.99. The molecule has 0 bridgehead atoms. The average Bonchev–Trinajstić information content (AvgIpc) is 2.61. The van der Waals surface area contributed by atoms with Gasteiger partial charge in [-0.15, -0.1) is 0 Å². The van der Waals surface area contributed by atoms with Crippen molar-refractivity contribution in [1.82, 2.24) is 5.32 Å². The van der Waals surface area contributed by atoms with E-state index in [2.05, 4.69) is 19.2 Å². The minimum absolute atomic E-state index is 0.0502. The number of carbonyl (C=O) groups excluding carboxylic acids is 1. The molecule has 1 amide bonds. The monoisotopic (exact) mass is 327 g/mol. The molecule has 0 aliphatic rings. The van der Waals surface area contributed by atoms with Crippen molar-refractivity contribution in [2.24, 2.45) is 0 Å². The predicted octanol–water partition coefficient (Wildman–Crippen LogP) is 3.80. The summed E-state index contributed by atoms with van der Waals surface area (Å²) in [5, 5.41) is 2.95. The van der Waals surface area contributed by atoms with E-state index in [0.717, 1.165) is 12.0 Å². The second-order valence-electron chi connectivity index (χ2n) is 5.97. The number of carbonyl (C=O) groups is 1. The van der Waals surface area contributed by atoms with E-state index in [-0.39, 0.29) is 5.91 Å². The van der Waals surface area contributed by atoms with Gasteiger partial charge < -0.3 is 14.8 Å². The van der Waals surface area contributed by atoms with Gasteiger partial charge in [0.1, 0.15) is 0 Å². The molecule has 4 nitrogen and oxygen atoms in total.